The Kier molecular flexibility index (Phi) is 4.55. The van der Waals surface area contributed by atoms with Crippen molar-refractivity contribution in [2.24, 2.45) is 0 Å². The SMILES string of the molecule is CCCN1CCN(Cc2ccc(N)nc2)C[C@H]1C. The first-order valence-electron chi connectivity index (χ1n) is 6.86. The molecule has 0 unspecified atom stereocenters. The zero-order chi connectivity index (χ0) is 13.0. The van der Waals surface area contributed by atoms with Crippen LogP contribution in [0.15, 0.2) is 18.3 Å². The monoisotopic (exact) mass is 248 g/mol. The molecule has 100 valence electrons. The number of piperazine rings is 1. The highest BCUT2D eigenvalue weighted by Crippen LogP contribution is 2.13. The summed E-state index contributed by atoms with van der Waals surface area (Å²) in [5.74, 6) is 0.597. The van der Waals surface area contributed by atoms with Crippen LogP contribution in [0.4, 0.5) is 5.82 Å². The molecule has 4 nitrogen and oxygen atoms in total. The van der Waals surface area contributed by atoms with E-state index < -0.39 is 0 Å². The van der Waals surface area contributed by atoms with Crippen LogP contribution in [0.25, 0.3) is 0 Å². The van der Waals surface area contributed by atoms with Gasteiger partial charge >= 0.3 is 0 Å². The van der Waals surface area contributed by atoms with Gasteiger partial charge in [-0.25, -0.2) is 4.98 Å². The summed E-state index contributed by atoms with van der Waals surface area (Å²) in [6, 6.07) is 4.61. The standard InChI is InChI=1S/C14H24N4/c1-3-6-18-8-7-17(10-12(18)2)11-13-4-5-14(15)16-9-13/h4-5,9,12H,3,6-8,10-11H2,1-2H3,(H2,15,16)/t12-/m1/s1. The van der Waals surface area contributed by atoms with Crippen molar-refractivity contribution in [2.75, 3.05) is 31.9 Å². The summed E-state index contributed by atoms with van der Waals surface area (Å²) in [7, 11) is 0. The van der Waals surface area contributed by atoms with Crippen molar-refractivity contribution < 1.29 is 0 Å². The quantitative estimate of drug-likeness (QED) is 0.878. The van der Waals surface area contributed by atoms with E-state index >= 15 is 0 Å². The molecule has 1 atom stereocenters. The Morgan fingerprint density at radius 1 is 1.39 bits per heavy atom. The lowest BCUT2D eigenvalue weighted by Gasteiger charge is -2.39. The van der Waals surface area contributed by atoms with Gasteiger partial charge in [0, 0.05) is 38.4 Å². The molecule has 0 radical (unpaired) electrons. The molecule has 0 amide bonds. The van der Waals surface area contributed by atoms with E-state index in [0.29, 0.717) is 11.9 Å². The van der Waals surface area contributed by atoms with Crippen molar-refractivity contribution in [3.05, 3.63) is 23.9 Å². The zero-order valence-electron chi connectivity index (χ0n) is 11.5. The van der Waals surface area contributed by atoms with Crippen molar-refractivity contribution in [1.82, 2.24) is 14.8 Å². The molecule has 2 rings (SSSR count). The molecular formula is C14H24N4. The predicted octanol–water partition coefficient (Wildman–Crippen LogP) is 1.58. The second-order valence-corrected chi connectivity index (χ2v) is 5.21. The van der Waals surface area contributed by atoms with Gasteiger partial charge in [-0.2, -0.15) is 0 Å². The minimum absolute atomic E-state index is 0.597. The molecule has 0 aliphatic carbocycles. The molecule has 1 fully saturated rings. The van der Waals surface area contributed by atoms with E-state index in [-0.39, 0.29) is 0 Å². The molecule has 1 aromatic heterocycles. The number of hydrogen-bond donors (Lipinski definition) is 1. The third-order valence-electron chi connectivity index (χ3n) is 3.61. The molecule has 1 aromatic rings. The van der Waals surface area contributed by atoms with Crippen molar-refractivity contribution in [3.8, 4) is 0 Å². The van der Waals surface area contributed by atoms with Gasteiger partial charge in [-0.3, -0.25) is 9.80 Å². The summed E-state index contributed by atoms with van der Waals surface area (Å²) in [5.41, 5.74) is 6.85. The molecule has 0 saturated carbocycles. The molecule has 2 heterocycles. The van der Waals surface area contributed by atoms with Gasteiger partial charge in [-0.15, -0.1) is 0 Å². The number of hydrogen-bond acceptors (Lipinski definition) is 4. The summed E-state index contributed by atoms with van der Waals surface area (Å²) < 4.78 is 0. The lowest BCUT2D eigenvalue weighted by atomic mass is 10.1. The van der Waals surface area contributed by atoms with Gasteiger partial charge in [-0.05, 0) is 31.5 Å². The second kappa shape index (κ2) is 6.16. The molecule has 0 bridgehead atoms. The number of pyridine rings is 1. The predicted molar refractivity (Wildman–Crippen MR) is 75.3 cm³/mol. The number of rotatable bonds is 4. The molecule has 1 aliphatic rings. The first-order valence-corrected chi connectivity index (χ1v) is 6.86. The summed E-state index contributed by atoms with van der Waals surface area (Å²) in [4.78, 5) is 9.23. The molecule has 4 heteroatoms. The Hall–Kier alpha value is -1.13. The molecule has 2 N–H and O–H groups in total. The van der Waals surface area contributed by atoms with Crippen LogP contribution in [-0.4, -0.2) is 47.0 Å². The van der Waals surface area contributed by atoms with E-state index in [1.807, 2.05) is 12.3 Å². The lowest BCUT2D eigenvalue weighted by molar-refractivity contribution is 0.0791. The minimum atomic E-state index is 0.597. The van der Waals surface area contributed by atoms with Crippen molar-refractivity contribution in [2.45, 2.75) is 32.9 Å². The van der Waals surface area contributed by atoms with Crippen LogP contribution < -0.4 is 5.73 Å². The summed E-state index contributed by atoms with van der Waals surface area (Å²) in [5, 5.41) is 0. The van der Waals surface area contributed by atoms with Gasteiger partial charge in [0.05, 0.1) is 0 Å². The molecule has 0 aromatic carbocycles. The van der Waals surface area contributed by atoms with Gasteiger partial charge < -0.3 is 5.73 Å². The Morgan fingerprint density at radius 2 is 2.22 bits per heavy atom. The normalized spacial score (nSPS) is 22.2. The first kappa shape index (κ1) is 13.3. The molecule has 1 aliphatic heterocycles. The van der Waals surface area contributed by atoms with Crippen LogP contribution in [0.3, 0.4) is 0 Å². The van der Waals surface area contributed by atoms with Crippen LogP contribution >= 0.6 is 0 Å². The first-order chi connectivity index (χ1) is 8.69. The maximum Gasteiger partial charge on any atom is 0.123 e. The largest absolute Gasteiger partial charge is 0.384 e. The van der Waals surface area contributed by atoms with Gasteiger partial charge in [0.25, 0.3) is 0 Å². The van der Waals surface area contributed by atoms with Gasteiger partial charge in [0.15, 0.2) is 0 Å². The molecule has 18 heavy (non-hydrogen) atoms. The molecule has 1 saturated heterocycles. The smallest absolute Gasteiger partial charge is 0.123 e. The summed E-state index contributed by atoms with van der Waals surface area (Å²) in [6.45, 7) is 10.2. The van der Waals surface area contributed by atoms with E-state index in [2.05, 4.69) is 34.7 Å². The summed E-state index contributed by atoms with van der Waals surface area (Å²) in [6.07, 6.45) is 3.13. The fraction of sp³-hybridized carbons (Fsp3) is 0.643. The van der Waals surface area contributed by atoms with Crippen LogP contribution in [-0.2, 0) is 6.54 Å². The van der Waals surface area contributed by atoms with Crippen molar-refractivity contribution in [3.63, 3.8) is 0 Å². The van der Waals surface area contributed by atoms with Crippen LogP contribution in [0.5, 0.6) is 0 Å². The molecular weight excluding hydrogens is 224 g/mol. The van der Waals surface area contributed by atoms with Crippen LogP contribution in [0.2, 0.25) is 0 Å². The third kappa shape index (κ3) is 3.43. The lowest BCUT2D eigenvalue weighted by Crippen LogP contribution is -2.51. The fourth-order valence-corrected chi connectivity index (χ4v) is 2.62. The van der Waals surface area contributed by atoms with Crippen molar-refractivity contribution >= 4 is 5.82 Å². The number of nitrogens with two attached hydrogens (primary N) is 1. The zero-order valence-corrected chi connectivity index (χ0v) is 11.5. The highest BCUT2D eigenvalue weighted by Gasteiger charge is 2.22. The Labute approximate surface area is 110 Å². The second-order valence-electron chi connectivity index (χ2n) is 5.21. The number of aromatic nitrogens is 1. The van der Waals surface area contributed by atoms with E-state index in [1.54, 1.807) is 0 Å². The average molecular weight is 248 g/mol. The number of anilines is 1. The molecule has 0 spiro atoms. The number of nitrogens with zero attached hydrogens (tertiary/aromatic N) is 3. The minimum Gasteiger partial charge on any atom is -0.384 e. The van der Waals surface area contributed by atoms with Crippen LogP contribution in [0, 0.1) is 0 Å². The Bertz CT molecular complexity index is 363. The fourth-order valence-electron chi connectivity index (χ4n) is 2.62. The van der Waals surface area contributed by atoms with Gasteiger partial charge in [0.1, 0.15) is 5.82 Å². The van der Waals surface area contributed by atoms with Gasteiger partial charge in [0.2, 0.25) is 0 Å². The highest BCUT2D eigenvalue weighted by molar-refractivity contribution is 5.29. The Morgan fingerprint density at radius 3 is 2.83 bits per heavy atom. The summed E-state index contributed by atoms with van der Waals surface area (Å²) >= 11 is 0. The van der Waals surface area contributed by atoms with Crippen LogP contribution in [0.1, 0.15) is 25.8 Å². The maximum atomic E-state index is 5.60. The average Bonchev–Trinajstić information content (AvgIpc) is 2.36. The third-order valence-corrected chi connectivity index (χ3v) is 3.61. The van der Waals surface area contributed by atoms with Crippen molar-refractivity contribution in [1.29, 1.82) is 0 Å². The number of nitrogen functional groups attached to an aromatic ring is 1. The van der Waals surface area contributed by atoms with E-state index in [4.69, 9.17) is 5.73 Å². The van der Waals surface area contributed by atoms with E-state index in [9.17, 15) is 0 Å². The van der Waals surface area contributed by atoms with E-state index in [0.717, 1.165) is 19.6 Å². The van der Waals surface area contributed by atoms with E-state index in [1.165, 1.54) is 25.1 Å². The van der Waals surface area contributed by atoms with Gasteiger partial charge in [-0.1, -0.05) is 13.0 Å². The topological polar surface area (TPSA) is 45.4 Å². The highest BCUT2D eigenvalue weighted by atomic mass is 15.3. The Balaban J connectivity index is 1.87. The maximum absolute atomic E-state index is 5.60.